The number of nitrogens with two attached hydrogens (primary N) is 1. The summed E-state index contributed by atoms with van der Waals surface area (Å²) in [6.45, 7) is 2.42. The normalized spacial score (nSPS) is 16.5. The zero-order chi connectivity index (χ0) is 28.1. The van der Waals surface area contributed by atoms with Crippen molar-refractivity contribution >= 4 is 28.9 Å². The van der Waals surface area contributed by atoms with Gasteiger partial charge in [0.25, 0.3) is 11.8 Å². The molecule has 1 aromatic carbocycles. The number of amides is 2. The highest BCUT2D eigenvalue weighted by molar-refractivity contribution is 6.48. The molecule has 5 rings (SSSR count). The number of pyridine rings is 2. The molecule has 0 bridgehead atoms. The van der Waals surface area contributed by atoms with Gasteiger partial charge in [0, 0.05) is 54.9 Å². The fraction of sp³-hybridized carbons (Fsp3) is 0.367. The van der Waals surface area contributed by atoms with Crippen LogP contribution in [0.15, 0.2) is 55.0 Å². The number of carbonyl (C=O) groups is 2. The predicted molar refractivity (Wildman–Crippen MR) is 154 cm³/mol. The summed E-state index contributed by atoms with van der Waals surface area (Å²) in [4.78, 5) is 36.2. The third-order valence-corrected chi connectivity index (χ3v) is 7.59. The van der Waals surface area contributed by atoms with Crippen LogP contribution in [0.2, 0.25) is 0 Å². The highest BCUT2D eigenvalue weighted by Gasteiger charge is 2.20. The number of carbonyl (C=O) groups excluding carboxylic acids is 2. The monoisotopic (exact) mass is 541 g/mol. The first kappa shape index (κ1) is 27.4. The number of rotatable bonds is 8. The first-order valence-corrected chi connectivity index (χ1v) is 13.8. The Labute approximate surface area is 233 Å². The van der Waals surface area contributed by atoms with Crippen molar-refractivity contribution in [3.05, 3.63) is 71.8 Å². The number of aliphatic hydroxyl groups excluding tert-OH is 1. The Morgan fingerprint density at radius 1 is 1.00 bits per heavy atom. The molecular weight excluding hydrogens is 506 g/mol. The van der Waals surface area contributed by atoms with Crippen molar-refractivity contribution in [3.63, 3.8) is 0 Å². The standard InChI is InChI=1S/C30H35N7O3/c31-26-7-5-20(21-13-19(15-33-16-21)18-37-11-9-24(38)10-12-37)14-25(26)28(32)30(40)36-23-6-8-27(34-17-23)29(39)35-22-3-1-2-4-22/h5-8,13-17,22,24,32,38H,1-4,9-12,18,31H2,(H,35,39)(H,36,40). The number of aliphatic hydroxyl groups is 1. The molecule has 1 aliphatic carbocycles. The predicted octanol–water partition coefficient (Wildman–Crippen LogP) is 3.36. The molecule has 0 radical (unpaired) electrons. The molecule has 2 aromatic heterocycles. The SMILES string of the molecule is N=C(C(=O)Nc1ccc(C(=O)NC2CCCC2)nc1)c1cc(-c2cncc(CN3CCC(O)CC3)c2)ccc1N. The summed E-state index contributed by atoms with van der Waals surface area (Å²) in [5, 5.41) is 24.0. The van der Waals surface area contributed by atoms with E-state index in [0.717, 1.165) is 74.8 Å². The van der Waals surface area contributed by atoms with Gasteiger partial charge in [0.1, 0.15) is 11.4 Å². The number of nitrogens with one attached hydrogen (secondary N) is 3. The van der Waals surface area contributed by atoms with Gasteiger partial charge in [-0.1, -0.05) is 18.9 Å². The topological polar surface area (TPSA) is 157 Å². The molecule has 10 nitrogen and oxygen atoms in total. The van der Waals surface area contributed by atoms with E-state index in [2.05, 4.69) is 25.5 Å². The quantitative estimate of drug-likeness (QED) is 0.216. The summed E-state index contributed by atoms with van der Waals surface area (Å²) < 4.78 is 0. The molecule has 2 fully saturated rings. The maximum absolute atomic E-state index is 12.9. The second-order valence-corrected chi connectivity index (χ2v) is 10.6. The number of aromatic nitrogens is 2. The van der Waals surface area contributed by atoms with E-state index >= 15 is 0 Å². The second kappa shape index (κ2) is 12.4. The van der Waals surface area contributed by atoms with Gasteiger partial charge in [0.2, 0.25) is 0 Å². The Morgan fingerprint density at radius 2 is 1.77 bits per heavy atom. The van der Waals surface area contributed by atoms with Gasteiger partial charge >= 0.3 is 0 Å². The van der Waals surface area contributed by atoms with E-state index < -0.39 is 5.91 Å². The van der Waals surface area contributed by atoms with E-state index in [1.807, 2.05) is 18.3 Å². The molecule has 3 heterocycles. The lowest BCUT2D eigenvalue weighted by atomic mass is 9.99. The average molecular weight is 542 g/mol. The van der Waals surface area contributed by atoms with Crippen LogP contribution in [0, 0.1) is 5.41 Å². The Balaban J connectivity index is 1.24. The van der Waals surface area contributed by atoms with Gasteiger partial charge in [0.05, 0.1) is 18.0 Å². The summed E-state index contributed by atoms with van der Waals surface area (Å²) in [6.07, 6.45) is 10.5. The fourth-order valence-corrected chi connectivity index (χ4v) is 5.27. The van der Waals surface area contributed by atoms with E-state index in [0.29, 0.717) is 16.9 Å². The Kier molecular flexibility index (Phi) is 8.47. The summed E-state index contributed by atoms with van der Waals surface area (Å²) in [5.41, 5.74) is 9.88. The Bertz CT molecular complexity index is 1380. The van der Waals surface area contributed by atoms with Crippen molar-refractivity contribution in [3.8, 4) is 11.1 Å². The summed E-state index contributed by atoms with van der Waals surface area (Å²) >= 11 is 0. The van der Waals surface area contributed by atoms with Gasteiger partial charge in [-0.2, -0.15) is 0 Å². The first-order valence-electron chi connectivity index (χ1n) is 13.8. The van der Waals surface area contributed by atoms with Crippen molar-refractivity contribution in [1.82, 2.24) is 20.2 Å². The smallest absolute Gasteiger partial charge is 0.274 e. The van der Waals surface area contributed by atoms with Crippen molar-refractivity contribution in [1.29, 1.82) is 5.41 Å². The number of nitrogens with zero attached hydrogens (tertiary/aromatic N) is 3. The number of anilines is 2. The van der Waals surface area contributed by atoms with Crippen LogP contribution >= 0.6 is 0 Å². The molecule has 0 spiro atoms. The summed E-state index contributed by atoms with van der Waals surface area (Å²) in [7, 11) is 0. The molecule has 1 aliphatic heterocycles. The molecule has 2 aliphatic rings. The van der Waals surface area contributed by atoms with Gasteiger partial charge in [-0.05, 0) is 67.1 Å². The molecule has 0 atom stereocenters. The highest BCUT2D eigenvalue weighted by atomic mass is 16.3. The molecule has 10 heteroatoms. The van der Waals surface area contributed by atoms with Crippen LogP contribution in [-0.4, -0.2) is 62.7 Å². The lowest BCUT2D eigenvalue weighted by Crippen LogP contribution is -2.35. The van der Waals surface area contributed by atoms with Crippen LogP contribution < -0.4 is 16.4 Å². The Hall–Kier alpha value is -4.15. The van der Waals surface area contributed by atoms with Crippen LogP contribution in [0.4, 0.5) is 11.4 Å². The van der Waals surface area contributed by atoms with Gasteiger partial charge in [-0.25, -0.2) is 4.98 Å². The average Bonchev–Trinajstić information content (AvgIpc) is 3.48. The molecule has 1 saturated heterocycles. The largest absolute Gasteiger partial charge is 0.398 e. The summed E-state index contributed by atoms with van der Waals surface area (Å²) in [6, 6.07) is 10.7. The Morgan fingerprint density at radius 3 is 2.50 bits per heavy atom. The first-order chi connectivity index (χ1) is 19.4. The number of nitrogen functional groups attached to an aromatic ring is 1. The van der Waals surface area contributed by atoms with Crippen LogP contribution in [0.25, 0.3) is 11.1 Å². The minimum Gasteiger partial charge on any atom is -0.398 e. The maximum Gasteiger partial charge on any atom is 0.274 e. The van der Waals surface area contributed by atoms with Crippen molar-refractivity contribution < 1.29 is 14.7 Å². The molecule has 3 aromatic rings. The fourth-order valence-electron chi connectivity index (χ4n) is 5.27. The van der Waals surface area contributed by atoms with Gasteiger partial charge < -0.3 is 21.5 Å². The van der Waals surface area contributed by atoms with E-state index in [1.165, 1.54) is 6.20 Å². The zero-order valence-corrected chi connectivity index (χ0v) is 22.4. The van der Waals surface area contributed by atoms with Gasteiger partial charge in [-0.3, -0.25) is 24.9 Å². The van der Waals surface area contributed by atoms with Crippen molar-refractivity contribution in [2.24, 2.45) is 0 Å². The van der Waals surface area contributed by atoms with E-state index in [-0.39, 0.29) is 29.5 Å². The van der Waals surface area contributed by atoms with Crippen LogP contribution in [0.5, 0.6) is 0 Å². The van der Waals surface area contributed by atoms with Gasteiger partial charge in [-0.15, -0.1) is 0 Å². The van der Waals surface area contributed by atoms with Crippen molar-refractivity contribution in [2.45, 2.75) is 57.2 Å². The lowest BCUT2D eigenvalue weighted by molar-refractivity contribution is -0.110. The molecule has 40 heavy (non-hydrogen) atoms. The maximum atomic E-state index is 12.9. The number of benzene rings is 1. The molecule has 6 N–H and O–H groups in total. The number of likely N-dealkylation sites (tertiary alicyclic amines) is 1. The minimum absolute atomic E-state index is 0.193. The van der Waals surface area contributed by atoms with Crippen LogP contribution in [-0.2, 0) is 11.3 Å². The van der Waals surface area contributed by atoms with Crippen molar-refractivity contribution in [2.75, 3.05) is 24.1 Å². The zero-order valence-electron chi connectivity index (χ0n) is 22.4. The van der Waals surface area contributed by atoms with Crippen LogP contribution in [0.3, 0.4) is 0 Å². The number of hydrogen-bond donors (Lipinski definition) is 5. The van der Waals surface area contributed by atoms with E-state index in [4.69, 9.17) is 11.1 Å². The van der Waals surface area contributed by atoms with E-state index in [1.54, 1.807) is 30.5 Å². The molecular formula is C30H35N7O3. The molecule has 2 amide bonds. The molecule has 1 saturated carbocycles. The third kappa shape index (κ3) is 6.70. The number of hydrogen-bond acceptors (Lipinski definition) is 8. The number of piperidine rings is 1. The highest BCUT2D eigenvalue weighted by Crippen LogP contribution is 2.26. The molecule has 208 valence electrons. The second-order valence-electron chi connectivity index (χ2n) is 10.6. The molecule has 0 unspecified atom stereocenters. The van der Waals surface area contributed by atoms with Gasteiger partial charge in [0.15, 0.2) is 0 Å². The summed E-state index contributed by atoms with van der Waals surface area (Å²) in [5.74, 6) is -0.858. The van der Waals surface area contributed by atoms with E-state index in [9.17, 15) is 14.7 Å². The third-order valence-electron chi connectivity index (χ3n) is 7.59. The van der Waals surface area contributed by atoms with Crippen LogP contribution in [0.1, 0.15) is 60.1 Å². The minimum atomic E-state index is -0.632. The lowest BCUT2D eigenvalue weighted by Gasteiger charge is -2.29.